The first-order valence-electron chi connectivity index (χ1n) is 8.03. The highest BCUT2D eigenvalue weighted by Crippen LogP contribution is 2.40. The molecule has 1 aliphatic rings. The van der Waals surface area contributed by atoms with E-state index in [1.807, 2.05) is 6.20 Å². The molecular formula is C18H30N2. The Morgan fingerprint density at radius 2 is 1.85 bits per heavy atom. The molecule has 0 radical (unpaired) electrons. The summed E-state index contributed by atoms with van der Waals surface area (Å²) in [6.45, 7) is 9.18. The van der Waals surface area contributed by atoms with Crippen LogP contribution in [0.3, 0.4) is 0 Å². The molecule has 20 heavy (non-hydrogen) atoms. The summed E-state index contributed by atoms with van der Waals surface area (Å²) in [5, 5.41) is 0. The zero-order valence-corrected chi connectivity index (χ0v) is 13.5. The van der Waals surface area contributed by atoms with Gasteiger partial charge in [-0.1, -0.05) is 26.8 Å². The summed E-state index contributed by atoms with van der Waals surface area (Å²) in [6.07, 6.45) is 8.11. The number of aromatic nitrogens is 1. The molecule has 112 valence electrons. The van der Waals surface area contributed by atoms with Gasteiger partial charge >= 0.3 is 0 Å². The SMILES string of the molecule is Cc1ccc(CC(N)C2CCC(C(C)(C)C)CC2)nc1. The molecule has 2 rings (SSSR count). The van der Waals surface area contributed by atoms with Gasteiger partial charge in [-0.3, -0.25) is 4.98 Å². The number of pyridine rings is 1. The molecule has 1 atom stereocenters. The van der Waals surface area contributed by atoms with Crippen molar-refractivity contribution in [2.45, 2.75) is 65.8 Å². The molecule has 0 spiro atoms. The number of aryl methyl sites for hydroxylation is 1. The summed E-state index contributed by atoms with van der Waals surface area (Å²) in [5.41, 5.74) is 9.24. The number of rotatable bonds is 3. The van der Waals surface area contributed by atoms with Gasteiger partial charge in [-0.15, -0.1) is 0 Å². The van der Waals surface area contributed by atoms with E-state index in [4.69, 9.17) is 5.73 Å². The van der Waals surface area contributed by atoms with Crippen LogP contribution in [0.2, 0.25) is 0 Å². The average Bonchev–Trinajstić information content (AvgIpc) is 2.40. The smallest absolute Gasteiger partial charge is 0.0419 e. The van der Waals surface area contributed by atoms with E-state index in [2.05, 4.69) is 44.8 Å². The molecule has 0 amide bonds. The molecule has 0 aromatic carbocycles. The second-order valence-electron chi connectivity index (χ2n) is 7.67. The van der Waals surface area contributed by atoms with E-state index in [1.165, 1.54) is 31.2 Å². The van der Waals surface area contributed by atoms with Crippen LogP contribution in [0, 0.1) is 24.2 Å². The summed E-state index contributed by atoms with van der Waals surface area (Å²) in [4.78, 5) is 4.49. The van der Waals surface area contributed by atoms with Gasteiger partial charge in [0.25, 0.3) is 0 Å². The molecule has 2 heteroatoms. The van der Waals surface area contributed by atoms with Crippen molar-refractivity contribution in [3.05, 3.63) is 29.6 Å². The van der Waals surface area contributed by atoms with E-state index in [0.717, 1.165) is 18.0 Å². The monoisotopic (exact) mass is 274 g/mol. The van der Waals surface area contributed by atoms with Crippen LogP contribution in [0.15, 0.2) is 18.3 Å². The van der Waals surface area contributed by atoms with Crippen LogP contribution in [0.5, 0.6) is 0 Å². The first-order chi connectivity index (χ1) is 9.36. The lowest BCUT2D eigenvalue weighted by molar-refractivity contribution is 0.139. The lowest BCUT2D eigenvalue weighted by atomic mass is 9.68. The maximum absolute atomic E-state index is 6.43. The summed E-state index contributed by atoms with van der Waals surface area (Å²) >= 11 is 0. The molecule has 1 heterocycles. The zero-order valence-electron chi connectivity index (χ0n) is 13.5. The second-order valence-corrected chi connectivity index (χ2v) is 7.67. The van der Waals surface area contributed by atoms with Gasteiger partial charge in [-0.2, -0.15) is 0 Å². The first kappa shape index (κ1) is 15.5. The third-order valence-electron chi connectivity index (χ3n) is 5.02. The third kappa shape index (κ3) is 4.05. The van der Waals surface area contributed by atoms with Gasteiger partial charge in [-0.25, -0.2) is 0 Å². The van der Waals surface area contributed by atoms with Crippen LogP contribution >= 0.6 is 0 Å². The topological polar surface area (TPSA) is 38.9 Å². The Kier molecular flexibility index (Phi) is 4.85. The van der Waals surface area contributed by atoms with E-state index >= 15 is 0 Å². The maximum atomic E-state index is 6.43. The van der Waals surface area contributed by atoms with Gasteiger partial charge in [0.05, 0.1) is 0 Å². The number of nitrogens with two attached hydrogens (primary N) is 1. The summed E-state index contributed by atoms with van der Waals surface area (Å²) in [6, 6.07) is 4.52. The van der Waals surface area contributed by atoms with E-state index in [9.17, 15) is 0 Å². The third-order valence-corrected chi connectivity index (χ3v) is 5.02. The number of nitrogens with zero attached hydrogens (tertiary/aromatic N) is 1. The van der Waals surface area contributed by atoms with Crippen LogP contribution in [0.1, 0.15) is 57.7 Å². The normalized spacial score (nSPS) is 25.4. The average molecular weight is 274 g/mol. The zero-order chi connectivity index (χ0) is 14.8. The fourth-order valence-electron chi connectivity index (χ4n) is 3.44. The van der Waals surface area contributed by atoms with Crippen LogP contribution < -0.4 is 5.73 Å². The fraction of sp³-hybridized carbons (Fsp3) is 0.722. The number of hydrogen-bond acceptors (Lipinski definition) is 2. The van der Waals surface area contributed by atoms with E-state index in [0.29, 0.717) is 11.3 Å². The predicted octanol–water partition coefficient (Wildman–Crippen LogP) is 4.11. The molecule has 1 fully saturated rings. The van der Waals surface area contributed by atoms with Crippen LogP contribution in [-0.2, 0) is 6.42 Å². The van der Waals surface area contributed by atoms with Crippen molar-refractivity contribution in [1.82, 2.24) is 4.98 Å². The van der Waals surface area contributed by atoms with Gasteiger partial charge in [0, 0.05) is 24.4 Å². The van der Waals surface area contributed by atoms with Crippen LogP contribution in [0.25, 0.3) is 0 Å². The van der Waals surface area contributed by atoms with Crippen molar-refractivity contribution >= 4 is 0 Å². The first-order valence-corrected chi connectivity index (χ1v) is 8.03. The highest BCUT2D eigenvalue weighted by Gasteiger charge is 2.31. The Balaban J connectivity index is 1.85. The van der Waals surface area contributed by atoms with E-state index in [1.54, 1.807) is 0 Å². The number of hydrogen-bond donors (Lipinski definition) is 1. The predicted molar refractivity (Wildman–Crippen MR) is 85.6 cm³/mol. The Morgan fingerprint density at radius 1 is 1.20 bits per heavy atom. The van der Waals surface area contributed by atoms with Crippen molar-refractivity contribution in [2.75, 3.05) is 0 Å². The van der Waals surface area contributed by atoms with Crippen molar-refractivity contribution in [3.63, 3.8) is 0 Å². The van der Waals surface area contributed by atoms with Crippen LogP contribution in [0.4, 0.5) is 0 Å². The Labute approximate surface area is 124 Å². The molecule has 0 saturated heterocycles. The lowest BCUT2D eigenvalue weighted by Gasteiger charge is -2.38. The van der Waals surface area contributed by atoms with Gasteiger partial charge in [0.1, 0.15) is 0 Å². The maximum Gasteiger partial charge on any atom is 0.0419 e. The largest absolute Gasteiger partial charge is 0.327 e. The van der Waals surface area contributed by atoms with Gasteiger partial charge in [0.15, 0.2) is 0 Å². The van der Waals surface area contributed by atoms with Crippen molar-refractivity contribution in [2.24, 2.45) is 23.0 Å². The van der Waals surface area contributed by atoms with Gasteiger partial charge in [0.2, 0.25) is 0 Å². The standard InChI is InChI=1S/C18H30N2/c1-13-5-10-16(20-12-13)11-17(19)14-6-8-15(9-7-14)18(2,3)4/h5,10,12,14-15,17H,6-9,11,19H2,1-4H3. The lowest BCUT2D eigenvalue weighted by Crippen LogP contribution is -2.37. The molecule has 1 unspecified atom stereocenters. The van der Waals surface area contributed by atoms with Gasteiger partial charge in [-0.05, 0) is 61.5 Å². The van der Waals surface area contributed by atoms with Crippen molar-refractivity contribution in [3.8, 4) is 0 Å². The minimum atomic E-state index is 0.270. The molecule has 1 aromatic rings. The summed E-state index contributed by atoms with van der Waals surface area (Å²) < 4.78 is 0. The van der Waals surface area contributed by atoms with Crippen molar-refractivity contribution in [1.29, 1.82) is 0 Å². The Bertz CT molecular complexity index is 408. The quantitative estimate of drug-likeness (QED) is 0.900. The Morgan fingerprint density at radius 3 is 2.35 bits per heavy atom. The van der Waals surface area contributed by atoms with Crippen LogP contribution in [-0.4, -0.2) is 11.0 Å². The fourth-order valence-corrected chi connectivity index (χ4v) is 3.44. The molecule has 0 bridgehead atoms. The molecule has 0 aliphatic heterocycles. The molecular weight excluding hydrogens is 244 g/mol. The van der Waals surface area contributed by atoms with Crippen molar-refractivity contribution < 1.29 is 0 Å². The molecule has 1 saturated carbocycles. The molecule has 2 nitrogen and oxygen atoms in total. The van der Waals surface area contributed by atoms with E-state index < -0.39 is 0 Å². The summed E-state index contributed by atoms with van der Waals surface area (Å²) in [5.74, 6) is 1.54. The molecule has 1 aliphatic carbocycles. The minimum Gasteiger partial charge on any atom is -0.327 e. The Hall–Kier alpha value is -0.890. The van der Waals surface area contributed by atoms with E-state index in [-0.39, 0.29) is 6.04 Å². The summed E-state index contributed by atoms with van der Waals surface area (Å²) in [7, 11) is 0. The molecule has 1 aromatic heterocycles. The second kappa shape index (κ2) is 6.26. The minimum absolute atomic E-state index is 0.270. The highest BCUT2D eigenvalue weighted by molar-refractivity contribution is 5.13. The molecule has 2 N–H and O–H groups in total. The van der Waals surface area contributed by atoms with Gasteiger partial charge < -0.3 is 5.73 Å². The highest BCUT2D eigenvalue weighted by atomic mass is 14.7.